The fraction of sp³-hybridized carbons (Fsp3) is 0.0667. The monoisotopic (exact) mass is 472 g/mol. The van der Waals surface area contributed by atoms with E-state index in [9.17, 15) is 4.79 Å². The molecule has 2 aromatic heterocycles. The number of nitrogens with zero attached hydrogens (tertiary/aromatic N) is 3. The van der Waals surface area contributed by atoms with Crippen LogP contribution in [-0.4, -0.2) is 31.2 Å². The first-order chi connectivity index (χ1) is 17.6. The Balaban J connectivity index is 1.64. The number of benzene rings is 3. The Hall–Kier alpha value is -4.84. The molecule has 6 nitrogen and oxygen atoms in total. The van der Waals surface area contributed by atoms with Crippen LogP contribution >= 0.6 is 0 Å². The first kappa shape index (κ1) is 22.9. The molecule has 2 N–H and O–H groups in total. The molecule has 0 atom stereocenters. The highest BCUT2D eigenvalue weighted by Crippen LogP contribution is 2.36. The van der Waals surface area contributed by atoms with E-state index < -0.39 is 5.97 Å². The van der Waals surface area contributed by atoms with Crippen LogP contribution in [0.5, 0.6) is 0 Å². The zero-order chi connectivity index (χ0) is 24.9. The Morgan fingerprint density at radius 2 is 1.56 bits per heavy atom. The number of aliphatic carboxylic acids is 1. The number of rotatable bonds is 7. The molecule has 176 valence electrons. The molecular formula is C30H24N4O2. The smallest absolute Gasteiger partial charge is 0.328 e. The van der Waals surface area contributed by atoms with Crippen molar-refractivity contribution in [1.29, 1.82) is 0 Å². The lowest BCUT2D eigenvalue weighted by Gasteiger charge is -2.17. The summed E-state index contributed by atoms with van der Waals surface area (Å²) in [5.74, 6) is -0.966. The molecule has 0 radical (unpaired) electrons. The van der Waals surface area contributed by atoms with Gasteiger partial charge in [0, 0.05) is 29.4 Å². The normalized spacial score (nSPS) is 12.1. The highest BCUT2D eigenvalue weighted by atomic mass is 16.4. The van der Waals surface area contributed by atoms with Gasteiger partial charge in [-0.25, -0.2) is 14.8 Å². The van der Waals surface area contributed by atoms with Gasteiger partial charge in [0.25, 0.3) is 0 Å². The Morgan fingerprint density at radius 1 is 0.861 bits per heavy atom. The van der Waals surface area contributed by atoms with Crippen LogP contribution in [0.25, 0.3) is 39.3 Å². The predicted molar refractivity (Wildman–Crippen MR) is 143 cm³/mol. The summed E-state index contributed by atoms with van der Waals surface area (Å²) < 4.78 is 0. The van der Waals surface area contributed by atoms with Gasteiger partial charge < -0.3 is 5.11 Å². The van der Waals surface area contributed by atoms with Crippen LogP contribution in [-0.2, 0) is 4.79 Å². The molecule has 36 heavy (non-hydrogen) atoms. The van der Waals surface area contributed by atoms with Crippen molar-refractivity contribution in [2.24, 2.45) is 0 Å². The molecule has 2 heterocycles. The number of allylic oxidation sites excluding steroid dienone is 1. The SMILES string of the molecule is CC/C(=C(/c1ccc(/C=C/C(=O)O)cc1)c1ccc2[nH]ncc2c1)c1ccc(-c2cncnc2)cc1. The molecule has 6 heteroatoms. The molecule has 0 amide bonds. The number of hydrogen-bond donors (Lipinski definition) is 2. The van der Waals surface area contributed by atoms with Crippen LogP contribution in [0.1, 0.15) is 35.6 Å². The average Bonchev–Trinajstić information content (AvgIpc) is 3.40. The summed E-state index contributed by atoms with van der Waals surface area (Å²) in [4.78, 5) is 19.2. The summed E-state index contributed by atoms with van der Waals surface area (Å²) in [7, 11) is 0. The second kappa shape index (κ2) is 10.2. The van der Waals surface area contributed by atoms with Crippen molar-refractivity contribution in [1.82, 2.24) is 20.2 Å². The molecule has 0 spiro atoms. The Labute approximate surface area is 208 Å². The van der Waals surface area contributed by atoms with Crippen LogP contribution in [0.3, 0.4) is 0 Å². The summed E-state index contributed by atoms with van der Waals surface area (Å²) in [6.45, 7) is 2.16. The van der Waals surface area contributed by atoms with Crippen LogP contribution in [0.15, 0.2) is 97.7 Å². The molecule has 0 aliphatic carbocycles. The number of aromatic nitrogens is 4. The van der Waals surface area contributed by atoms with E-state index in [-0.39, 0.29) is 0 Å². The highest BCUT2D eigenvalue weighted by molar-refractivity contribution is 6.00. The lowest BCUT2D eigenvalue weighted by molar-refractivity contribution is -0.131. The number of H-pyrrole nitrogens is 1. The molecule has 5 aromatic rings. The maximum atomic E-state index is 10.9. The second-order valence-electron chi connectivity index (χ2n) is 8.38. The standard InChI is InChI=1S/C30H24N4O2/c1-2-27(22-10-8-21(9-11-22)26-16-31-19-32-17-26)30(24-12-13-28-25(15-24)18-33-34-28)23-6-3-20(4-7-23)5-14-29(35)36/h3-19H,2H2,1H3,(H,33,34)(H,35,36)/b14-5+,30-27+. The third-order valence-corrected chi connectivity index (χ3v) is 6.13. The van der Waals surface area contributed by atoms with Crippen LogP contribution in [0, 0.1) is 0 Å². The predicted octanol–water partition coefficient (Wildman–Crippen LogP) is 6.49. The maximum Gasteiger partial charge on any atom is 0.328 e. The van der Waals surface area contributed by atoms with E-state index in [1.165, 1.54) is 11.9 Å². The first-order valence-electron chi connectivity index (χ1n) is 11.7. The average molecular weight is 473 g/mol. The van der Waals surface area contributed by atoms with Gasteiger partial charge in [-0.05, 0) is 63.6 Å². The summed E-state index contributed by atoms with van der Waals surface area (Å²) in [6, 6.07) is 22.8. The fourth-order valence-corrected chi connectivity index (χ4v) is 4.38. The largest absolute Gasteiger partial charge is 0.478 e. The number of fused-ring (bicyclic) bond motifs is 1. The third-order valence-electron chi connectivity index (χ3n) is 6.13. The minimum atomic E-state index is -0.966. The van der Waals surface area contributed by atoms with E-state index in [2.05, 4.69) is 63.5 Å². The van der Waals surface area contributed by atoms with Crippen LogP contribution in [0.4, 0.5) is 0 Å². The van der Waals surface area contributed by atoms with E-state index in [0.29, 0.717) is 0 Å². The van der Waals surface area contributed by atoms with Crippen LogP contribution < -0.4 is 0 Å². The van der Waals surface area contributed by atoms with E-state index in [1.807, 2.05) is 48.9 Å². The molecule has 0 saturated carbocycles. The van der Waals surface area contributed by atoms with Crippen molar-refractivity contribution in [2.45, 2.75) is 13.3 Å². The minimum Gasteiger partial charge on any atom is -0.478 e. The lowest BCUT2D eigenvalue weighted by atomic mass is 9.87. The van der Waals surface area contributed by atoms with Gasteiger partial charge in [-0.1, -0.05) is 61.5 Å². The van der Waals surface area contributed by atoms with Gasteiger partial charge in [0.05, 0.1) is 11.7 Å². The van der Waals surface area contributed by atoms with Gasteiger partial charge in [-0.3, -0.25) is 5.10 Å². The summed E-state index contributed by atoms with van der Waals surface area (Å²) in [5.41, 5.74) is 9.48. The van der Waals surface area contributed by atoms with E-state index in [0.717, 1.165) is 62.4 Å². The highest BCUT2D eigenvalue weighted by Gasteiger charge is 2.14. The molecule has 3 aromatic carbocycles. The minimum absolute atomic E-state index is 0.827. The van der Waals surface area contributed by atoms with Gasteiger partial charge in [0.15, 0.2) is 0 Å². The van der Waals surface area contributed by atoms with Gasteiger partial charge in [-0.2, -0.15) is 5.10 Å². The molecule has 0 bridgehead atoms. The lowest BCUT2D eigenvalue weighted by Crippen LogP contribution is -1.96. The Kier molecular flexibility index (Phi) is 6.49. The quantitative estimate of drug-likeness (QED) is 0.209. The molecule has 0 aliphatic rings. The van der Waals surface area contributed by atoms with E-state index in [4.69, 9.17) is 5.11 Å². The number of aromatic amines is 1. The topological polar surface area (TPSA) is 91.8 Å². The van der Waals surface area contributed by atoms with Gasteiger partial charge in [0.2, 0.25) is 0 Å². The van der Waals surface area contributed by atoms with E-state index in [1.54, 1.807) is 6.08 Å². The van der Waals surface area contributed by atoms with Crippen molar-refractivity contribution in [3.8, 4) is 11.1 Å². The number of carboxylic acid groups (broad SMARTS) is 1. The Bertz CT molecular complexity index is 1570. The fourth-order valence-electron chi connectivity index (χ4n) is 4.38. The molecule has 0 fully saturated rings. The zero-order valence-electron chi connectivity index (χ0n) is 19.7. The van der Waals surface area contributed by atoms with Crippen molar-refractivity contribution in [3.05, 3.63) is 120 Å². The molecule has 5 rings (SSSR count). The summed E-state index contributed by atoms with van der Waals surface area (Å²) in [5, 5.41) is 17.2. The summed E-state index contributed by atoms with van der Waals surface area (Å²) in [6.07, 6.45) is 10.6. The summed E-state index contributed by atoms with van der Waals surface area (Å²) >= 11 is 0. The van der Waals surface area contributed by atoms with E-state index >= 15 is 0 Å². The maximum absolute atomic E-state index is 10.9. The van der Waals surface area contributed by atoms with Crippen molar-refractivity contribution in [3.63, 3.8) is 0 Å². The Morgan fingerprint density at radius 3 is 2.25 bits per heavy atom. The zero-order valence-corrected chi connectivity index (χ0v) is 19.7. The van der Waals surface area contributed by atoms with Crippen molar-refractivity contribution in [2.75, 3.05) is 0 Å². The first-order valence-corrected chi connectivity index (χ1v) is 11.7. The van der Waals surface area contributed by atoms with Crippen LogP contribution in [0.2, 0.25) is 0 Å². The van der Waals surface area contributed by atoms with Crippen molar-refractivity contribution < 1.29 is 9.90 Å². The molecular weight excluding hydrogens is 448 g/mol. The number of hydrogen-bond acceptors (Lipinski definition) is 4. The molecule has 0 saturated heterocycles. The number of carbonyl (C=O) groups is 1. The van der Waals surface area contributed by atoms with Gasteiger partial charge >= 0.3 is 5.97 Å². The van der Waals surface area contributed by atoms with Gasteiger partial charge in [-0.15, -0.1) is 0 Å². The second-order valence-corrected chi connectivity index (χ2v) is 8.38. The third kappa shape index (κ3) is 4.83. The van der Waals surface area contributed by atoms with Crippen molar-refractivity contribution >= 4 is 34.1 Å². The molecule has 0 unspecified atom stereocenters. The number of nitrogens with one attached hydrogen (secondary N) is 1. The number of carboxylic acids is 1. The molecule has 0 aliphatic heterocycles. The van der Waals surface area contributed by atoms with Gasteiger partial charge in [0.1, 0.15) is 6.33 Å².